The minimum absolute atomic E-state index is 1.23. The number of hydrogen-bond acceptors (Lipinski definition) is 6. The minimum Gasteiger partial charge on any atom is -0.376 e. The summed E-state index contributed by atoms with van der Waals surface area (Å²) in [5.74, 6) is 0. The van der Waals surface area contributed by atoms with Crippen molar-refractivity contribution in [3.8, 4) is 0 Å². The van der Waals surface area contributed by atoms with Gasteiger partial charge in [-0.25, -0.2) is 4.90 Å². The van der Waals surface area contributed by atoms with E-state index in [1.807, 2.05) is 0 Å². The zero-order valence-corrected chi connectivity index (χ0v) is 12.2. The molecule has 0 bridgehead atoms. The van der Waals surface area contributed by atoms with Crippen LogP contribution in [0.4, 0.5) is 0 Å². The van der Waals surface area contributed by atoms with Gasteiger partial charge in [0.25, 0.3) is 0 Å². The molecule has 0 radical (unpaired) electrons. The van der Waals surface area contributed by atoms with E-state index in [0.29, 0.717) is 0 Å². The van der Waals surface area contributed by atoms with Crippen molar-refractivity contribution < 1.29 is 32.8 Å². The first-order valence-electron chi connectivity index (χ1n) is 5.04. The van der Waals surface area contributed by atoms with Crippen LogP contribution < -0.4 is 0 Å². The molecular weight excluding hydrogens is 266 g/mol. The molecule has 0 spiro atoms. The van der Waals surface area contributed by atoms with Crippen LogP contribution in [-0.2, 0) is 10.4 Å². The van der Waals surface area contributed by atoms with Crippen LogP contribution in [0, 0.1) is 0 Å². The maximum Gasteiger partial charge on any atom is 0.394 e. The maximum atomic E-state index is 9.75. The number of rotatable bonds is 3. The van der Waals surface area contributed by atoms with Gasteiger partial charge >= 0.3 is 10.4 Å². The highest BCUT2D eigenvalue weighted by molar-refractivity contribution is 7.79. The van der Waals surface area contributed by atoms with Gasteiger partial charge in [-0.2, -0.15) is 8.42 Å². The summed E-state index contributed by atoms with van der Waals surface area (Å²) in [5.41, 5.74) is -3.84. The number of nitrogens with zero attached hydrogens (tertiary/aromatic N) is 1. The Labute approximate surface area is 107 Å². The molecule has 0 saturated heterocycles. The van der Waals surface area contributed by atoms with Crippen LogP contribution in [-0.4, -0.2) is 54.9 Å². The molecule has 18 heavy (non-hydrogen) atoms. The average Bonchev–Trinajstić information content (AvgIpc) is 1.65. The minimum atomic E-state index is -4.67. The second kappa shape index (κ2) is 5.78. The number of aliphatic hydroxyl groups is 3. The molecule has 8 nitrogen and oxygen atoms in total. The van der Waals surface area contributed by atoms with Crippen molar-refractivity contribution in [3.63, 3.8) is 0 Å². The highest BCUT2D eigenvalue weighted by Crippen LogP contribution is 2.28. The van der Waals surface area contributed by atoms with Crippen LogP contribution in [0.15, 0.2) is 0 Å². The summed E-state index contributed by atoms with van der Waals surface area (Å²) in [7, 11) is -4.67. The molecule has 5 N–H and O–H groups in total. The Morgan fingerprint density at radius 1 is 0.722 bits per heavy atom. The van der Waals surface area contributed by atoms with E-state index < -0.39 is 27.6 Å². The van der Waals surface area contributed by atoms with Gasteiger partial charge in [0.05, 0.1) is 0 Å². The predicted octanol–water partition coefficient (Wildman–Crippen LogP) is -0.179. The van der Waals surface area contributed by atoms with Crippen molar-refractivity contribution in [2.24, 2.45) is 0 Å². The molecule has 0 aliphatic heterocycles. The first-order valence-corrected chi connectivity index (χ1v) is 6.44. The van der Waals surface area contributed by atoms with Crippen LogP contribution in [0.2, 0.25) is 0 Å². The third-order valence-electron chi connectivity index (χ3n) is 1.64. The maximum absolute atomic E-state index is 9.75. The zero-order chi connectivity index (χ0) is 15.6. The van der Waals surface area contributed by atoms with Crippen molar-refractivity contribution in [1.82, 2.24) is 4.90 Å². The normalized spacial score (nSPS) is 14.2. The van der Waals surface area contributed by atoms with Gasteiger partial charge in [-0.15, -0.1) is 0 Å². The Morgan fingerprint density at radius 3 is 0.833 bits per heavy atom. The van der Waals surface area contributed by atoms with Crippen LogP contribution in [0.3, 0.4) is 0 Å². The van der Waals surface area contributed by atoms with E-state index in [2.05, 4.69) is 0 Å². The third kappa shape index (κ3) is 10.8. The Morgan fingerprint density at radius 2 is 0.833 bits per heavy atom. The lowest BCUT2D eigenvalue weighted by Gasteiger charge is -2.49. The van der Waals surface area contributed by atoms with E-state index in [1.165, 1.54) is 46.4 Å². The Hall–Kier alpha value is -0.290. The summed E-state index contributed by atoms with van der Waals surface area (Å²) in [4.78, 5) is 1.23. The quantitative estimate of drug-likeness (QED) is 0.356. The first-order chi connectivity index (χ1) is 7.37. The highest BCUT2D eigenvalue weighted by atomic mass is 32.3. The van der Waals surface area contributed by atoms with Crippen molar-refractivity contribution in [3.05, 3.63) is 0 Å². The van der Waals surface area contributed by atoms with Gasteiger partial charge in [0.1, 0.15) is 17.2 Å². The molecule has 112 valence electrons. The zero-order valence-electron chi connectivity index (χ0n) is 11.4. The van der Waals surface area contributed by atoms with Crippen LogP contribution in [0.25, 0.3) is 0 Å². The molecule has 0 aliphatic rings. The molecule has 0 aliphatic carbocycles. The fourth-order valence-electron chi connectivity index (χ4n) is 2.01. The number of hydrogen-bond donors (Lipinski definition) is 5. The summed E-state index contributed by atoms with van der Waals surface area (Å²) < 4.78 is 31.6. The SMILES string of the molecule is CC(C)(O)N(C(C)(C)O)C(C)(C)O.O=S(=O)(O)O. The molecule has 0 fully saturated rings. The lowest BCUT2D eigenvalue weighted by molar-refractivity contribution is -0.288. The standard InChI is InChI=1S/C9H21NO3.H2O4S/c1-7(2,11)10(8(3,4)12)9(5,6)13;1-5(2,3)4/h11-13H,1-6H3;(H2,1,2,3,4). The molecule has 0 atom stereocenters. The fourth-order valence-corrected chi connectivity index (χ4v) is 2.01. The summed E-state index contributed by atoms with van der Waals surface area (Å²) in [6.45, 7) is 9.10. The smallest absolute Gasteiger partial charge is 0.376 e. The Bertz CT molecular complexity index is 303. The van der Waals surface area contributed by atoms with Crippen molar-refractivity contribution in [2.75, 3.05) is 0 Å². The van der Waals surface area contributed by atoms with Crippen molar-refractivity contribution in [1.29, 1.82) is 0 Å². The highest BCUT2D eigenvalue weighted by Gasteiger charge is 2.43. The summed E-state index contributed by atoms with van der Waals surface area (Å²) in [6, 6.07) is 0. The first kappa shape index (κ1) is 20.0. The lowest BCUT2D eigenvalue weighted by Crippen LogP contribution is -2.64. The largest absolute Gasteiger partial charge is 0.394 e. The molecule has 9 heteroatoms. The molecule has 0 amide bonds. The molecule has 0 aromatic rings. The van der Waals surface area contributed by atoms with Gasteiger partial charge in [-0.05, 0) is 41.5 Å². The van der Waals surface area contributed by atoms with Crippen LogP contribution >= 0.6 is 0 Å². The molecule has 0 aromatic carbocycles. The van der Waals surface area contributed by atoms with E-state index in [0.717, 1.165) is 0 Å². The van der Waals surface area contributed by atoms with Gasteiger partial charge in [-0.3, -0.25) is 9.11 Å². The monoisotopic (exact) mass is 289 g/mol. The second-order valence-corrected chi connectivity index (χ2v) is 6.16. The van der Waals surface area contributed by atoms with E-state index in [9.17, 15) is 15.3 Å². The topological polar surface area (TPSA) is 139 Å². The second-order valence-electron chi connectivity index (χ2n) is 5.27. The molecule has 0 rings (SSSR count). The molecule has 0 heterocycles. The van der Waals surface area contributed by atoms with E-state index in [-0.39, 0.29) is 0 Å². The average molecular weight is 289 g/mol. The van der Waals surface area contributed by atoms with E-state index >= 15 is 0 Å². The van der Waals surface area contributed by atoms with Crippen LogP contribution in [0.5, 0.6) is 0 Å². The molecule has 0 aromatic heterocycles. The summed E-state index contributed by atoms with van der Waals surface area (Å²) in [5, 5.41) is 29.3. The van der Waals surface area contributed by atoms with E-state index in [1.54, 1.807) is 0 Å². The summed E-state index contributed by atoms with van der Waals surface area (Å²) >= 11 is 0. The molecule has 0 unspecified atom stereocenters. The van der Waals surface area contributed by atoms with Gasteiger partial charge in [0.2, 0.25) is 0 Å². The van der Waals surface area contributed by atoms with Crippen molar-refractivity contribution >= 4 is 10.4 Å². The fraction of sp³-hybridized carbons (Fsp3) is 1.00. The predicted molar refractivity (Wildman–Crippen MR) is 64.9 cm³/mol. The lowest BCUT2D eigenvalue weighted by atomic mass is 10.1. The third-order valence-corrected chi connectivity index (χ3v) is 1.64. The Balaban J connectivity index is 0. The molecular formula is C9H23NO7S. The Kier molecular flexibility index (Phi) is 6.43. The van der Waals surface area contributed by atoms with Gasteiger partial charge in [-0.1, -0.05) is 0 Å². The van der Waals surface area contributed by atoms with E-state index in [4.69, 9.17) is 17.5 Å². The molecule has 0 saturated carbocycles. The van der Waals surface area contributed by atoms with Crippen molar-refractivity contribution in [2.45, 2.75) is 58.7 Å². The van der Waals surface area contributed by atoms with Crippen LogP contribution in [0.1, 0.15) is 41.5 Å². The van der Waals surface area contributed by atoms with Gasteiger partial charge < -0.3 is 15.3 Å². The van der Waals surface area contributed by atoms with Gasteiger partial charge in [0, 0.05) is 0 Å². The van der Waals surface area contributed by atoms with Gasteiger partial charge in [0.15, 0.2) is 0 Å². The summed E-state index contributed by atoms with van der Waals surface area (Å²) in [6.07, 6.45) is 0.